The highest BCUT2D eigenvalue weighted by Crippen LogP contribution is 2.21. The largest absolute Gasteiger partial charge is 0.422 e. The van der Waals surface area contributed by atoms with Crippen LogP contribution in [-0.2, 0) is 9.59 Å². The van der Waals surface area contributed by atoms with Crippen molar-refractivity contribution in [2.24, 2.45) is 5.10 Å². The second-order valence-electron chi connectivity index (χ2n) is 7.66. The van der Waals surface area contributed by atoms with Crippen molar-refractivity contribution in [3.63, 3.8) is 0 Å². The molecular weight excluding hydrogens is 418 g/mol. The van der Waals surface area contributed by atoms with E-state index in [9.17, 15) is 14.4 Å². The molecule has 0 spiro atoms. The number of carbonyl (C=O) groups is 3. The van der Waals surface area contributed by atoms with Crippen molar-refractivity contribution < 1.29 is 19.1 Å². The molecule has 0 aliphatic rings. The number of hydrogen-bond acceptors (Lipinski definition) is 5. The lowest BCUT2D eigenvalue weighted by Gasteiger charge is -2.11. The molecule has 0 saturated carbocycles. The normalized spacial score (nSPS) is 11.0. The third kappa shape index (κ3) is 6.13. The van der Waals surface area contributed by atoms with E-state index < -0.39 is 17.8 Å². The zero-order chi connectivity index (χ0) is 24.0. The molecule has 0 aliphatic heterocycles. The monoisotopic (exact) mass is 443 g/mol. The van der Waals surface area contributed by atoms with Gasteiger partial charge in [-0.3, -0.25) is 9.59 Å². The van der Waals surface area contributed by atoms with Crippen LogP contribution in [0.3, 0.4) is 0 Å². The van der Waals surface area contributed by atoms with Gasteiger partial charge in [0.2, 0.25) is 0 Å². The molecule has 0 heterocycles. The fourth-order valence-corrected chi connectivity index (χ4v) is 3.00. The van der Waals surface area contributed by atoms with Gasteiger partial charge >= 0.3 is 17.8 Å². The number of amides is 2. The van der Waals surface area contributed by atoms with Crippen LogP contribution in [0.15, 0.2) is 71.8 Å². The first-order valence-corrected chi connectivity index (χ1v) is 10.4. The van der Waals surface area contributed by atoms with Crippen LogP contribution in [0.25, 0.3) is 0 Å². The van der Waals surface area contributed by atoms with Crippen LogP contribution in [0.5, 0.6) is 5.75 Å². The van der Waals surface area contributed by atoms with Gasteiger partial charge in [-0.25, -0.2) is 10.2 Å². The lowest BCUT2D eigenvalue weighted by molar-refractivity contribution is -0.136. The van der Waals surface area contributed by atoms with E-state index in [1.807, 2.05) is 45.0 Å². The lowest BCUT2D eigenvalue weighted by Crippen LogP contribution is -2.33. The maximum atomic E-state index is 12.5. The summed E-state index contributed by atoms with van der Waals surface area (Å²) in [4.78, 5) is 37.0. The molecule has 2 amide bonds. The SMILES string of the molecule is C/C(=N\NC(=O)C(=O)Nc1cc(C)ccc1C)c1ccccc1OC(=O)c1ccc(C)cc1. The van der Waals surface area contributed by atoms with Crippen LogP contribution in [0.2, 0.25) is 0 Å². The number of ether oxygens (including phenoxy) is 1. The second-order valence-corrected chi connectivity index (χ2v) is 7.66. The Morgan fingerprint density at radius 3 is 2.21 bits per heavy atom. The van der Waals surface area contributed by atoms with Crippen LogP contribution in [0, 0.1) is 20.8 Å². The topological polar surface area (TPSA) is 96.9 Å². The molecule has 0 fully saturated rings. The van der Waals surface area contributed by atoms with E-state index in [0.29, 0.717) is 28.3 Å². The van der Waals surface area contributed by atoms with E-state index >= 15 is 0 Å². The van der Waals surface area contributed by atoms with Gasteiger partial charge in [-0.2, -0.15) is 5.10 Å². The molecule has 0 radical (unpaired) electrons. The van der Waals surface area contributed by atoms with Crippen molar-refractivity contribution >= 4 is 29.2 Å². The Balaban J connectivity index is 1.69. The number of aryl methyl sites for hydroxylation is 3. The minimum Gasteiger partial charge on any atom is -0.422 e. The Hall–Kier alpha value is -4.26. The van der Waals surface area contributed by atoms with Crippen molar-refractivity contribution in [1.29, 1.82) is 0 Å². The summed E-state index contributed by atoms with van der Waals surface area (Å²) >= 11 is 0. The molecule has 7 heteroatoms. The average molecular weight is 444 g/mol. The van der Waals surface area contributed by atoms with E-state index in [2.05, 4.69) is 15.8 Å². The molecule has 0 atom stereocenters. The highest BCUT2D eigenvalue weighted by atomic mass is 16.5. The molecule has 7 nitrogen and oxygen atoms in total. The summed E-state index contributed by atoms with van der Waals surface area (Å²) in [6, 6.07) is 19.4. The number of esters is 1. The van der Waals surface area contributed by atoms with Crippen LogP contribution in [0.1, 0.15) is 39.5 Å². The Morgan fingerprint density at radius 1 is 0.818 bits per heavy atom. The Morgan fingerprint density at radius 2 is 1.48 bits per heavy atom. The summed E-state index contributed by atoms with van der Waals surface area (Å²) in [5.74, 6) is -1.96. The molecule has 3 aromatic carbocycles. The third-order valence-electron chi connectivity index (χ3n) is 4.94. The van der Waals surface area contributed by atoms with Gasteiger partial charge < -0.3 is 10.1 Å². The van der Waals surface area contributed by atoms with Crippen LogP contribution in [-0.4, -0.2) is 23.5 Å². The summed E-state index contributed by atoms with van der Waals surface area (Å²) in [5.41, 5.74) is 6.94. The predicted molar refractivity (Wildman–Crippen MR) is 127 cm³/mol. The van der Waals surface area contributed by atoms with Gasteiger partial charge in [0.05, 0.1) is 11.3 Å². The third-order valence-corrected chi connectivity index (χ3v) is 4.94. The molecular formula is C26H25N3O4. The summed E-state index contributed by atoms with van der Waals surface area (Å²) < 4.78 is 5.54. The smallest absolute Gasteiger partial charge is 0.343 e. The molecule has 3 aromatic rings. The molecule has 3 rings (SSSR count). The van der Waals surface area contributed by atoms with E-state index in [1.54, 1.807) is 49.4 Å². The van der Waals surface area contributed by atoms with Crippen molar-refractivity contribution in [2.45, 2.75) is 27.7 Å². The highest BCUT2D eigenvalue weighted by molar-refractivity contribution is 6.39. The number of para-hydroxylation sites is 1. The van der Waals surface area contributed by atoms with Crippen LogP contribution in [0.4, 0.5) is 5.69 Å². The summed E-state index contributed by atoms with van der Waals surface area (Å²) in [5, 5.41) is 6.60. The first-order valence-electron chi connectivity index (χ1n) is 10.4. The second kappa shape index (κ2) is 10.4. The number of hydrazone groups is 1. The number of nitrogens with zero attached hydrogens (tertiary/aromatic N) is 1. The predicted octanol–water partition coefficient (Wildman–Crippen LogP) is 4.31. The number of benzene rings is 3. The molecule has 0 unspecified atom stereocenters. The van der Waals surface area contributed by atoms with Gasteiger partial charge in [-0.1, -0.05) is 42.0 Å². The first-order chi connectivity index (χ1) is 15.7. The summed E-state index contributed by atoms with van der Waals surface area (Å²) in [6.07, 6.45) is 0. The standard InChI is InChI=1S/C26H25N3O4/c1-16-10-13-20(14-11-16)26(32)33-23-8-6-5-7-21(23)19(4)28-29-25(31)24(30)27-22-15-17(2)9-12-18(22)3/h5-15H,1-4H3,(H,27,30)(H,29,31)/b28-19+. The fraction of sp³-hybridized carbons (Fsp3) is 0.154. The summed E-state index contributed by atoms with van der Waals surface area (Å²) in [7, 11) is 0. The number of carbonyl (C=O) groups excluding carboxylic acids is 3. The molecule has 0 aromatic heterocycles. The molecule has 2 N–H and O–H groups in total. The minimum atomic E-state index is -0.913. The molecule has 168 valence electrons. The Labute approximate surface area is 192 Å². The minimum absolute atomic E-state index is 0.290. The molecule has 0 aliphatic carbocycles. The molecule has 0 saturated heterocycles. The summed E-state index contributed by atoms with van der Waals surface area (Å²) in [6.45, 7) is 7.30. The van der Waals surface area contributed by atoms with Crippen molar-refractivity contribution in [3.8, 4) is 5.75 Å². The van der Waals surface area contributed by atoms with E-state index in [4.69, 9.17) is 4.74 Å². The van der Waals surface area contributed by atoms with Gasteiger partial charge in [-0.05, 0) is 69.2 Å². The lowest BCUT2D eigenvalue weighted by atomic mass is 10.1. The van der Waals surface area contributed by atoms with Crippen LogP contribution < -0.4 is 15.5 Å². The average Bonchev–Trinajstić information content (AvgIpc) is 2.80. The number of anilines is 1. The van der Waals surface area contributed by atoms with Gasteiger partial charge in [-0.15, -0.1) is 0 Å². The zero-order valence-corrected chi connectivity index (χ0v) is 18.9. The van der Waals surface area contributed by atoms with Crippen molar-refractivity contribution in [2.75, 3.05) is 5.32 Å². The molecule has 33 heavy (non-hydrogen) atoms. The Kier molecular flexibility index (Phi) is 7.35. The van der Waals surface area contributed by atoms with E-state index in [-0.39, 0.29) is 0 Å². The number of hydrogen-bond donors (Lipinski definition) is 2. The molecule has 0 bridgehead atoms. The maximum absolute atomic E-state index is 12.5. The van der Waals surface area contributed by atoms with Crippen molar-refractivity contribution in [3.05, 3.63) is 94.5 Å². The quantitative estimate of drug-likeness (QED) is 0.202. The van der Waals surface area contributed by atoms with Gasteiger partial charge in [0.15, 0.2) is 0 Å². The number of nitrogens with one attached hydrogen (secondary N) is 2. The fourth-order valence-electron chi connectivity index (χ4n) is 3.00. The van der Waals surface area contributed by atoms with E-state index in [0.717, 1.165) is 16.7 Å². The maximum Gasteiger partial charge on any atom is 0.343 e. The highest BCUT2D eigenvalue weighted by Gasteiger charge is 2.16. The van der Waals surface area contributed by atoms with Crippen LogP contribution >= 0.6 is 0 Å². The zero-order valence-electron chi connectivity index (χ0n) is 18.9. The van der Waals surface area contributed by atoms with Gasteiger partial charge in [0, 0.05) is 11.3 Å². The first kappa shape index (κ1) is 23.4. The Bertz CT molecular complexity index is 1230. The van der Waals surface area contributed by atoms with Gasteiger partial charge in [0.25, 0.3) is 0 Å². The van der Waals surface area contributed by atoms with Gasteiger partial charge in [0.1, 0.15) is 5.75 Å². The number of rotatable bonds is 5. The van der Waals surface area contributed by atoms with Crippen molar-refractivity contribution in [1.82, 2.24) is 5.43 Å². The van der Waals surface area contributed by atoms with E-state index in [1.165, 1.54) is 0 Å².